The first-order valence-corrected chi connectivity index (χ1v) is 14.8. The van der Waals surface area contributed by atoms with Gasteiger partial charge in [0.1, 0.15) is 29.8 Å². The fraction of sp³-hybridized carbons (Fsp3) is 0.545. The number of aryl methyl sites for hydroxylation is 1. The maximum atomic E-state index is 12.6. The Bertz CT molecular complexity index is 1360. The van der Waals surface area contributed by atoms with Crippen molar-refractivity contribution in [1.29, 1.82) is 0 Å². The number of amides is 1. The summed E-state index contributed by atoms with van der Waals surface area (Å²) in [5.74, 6) is 2.27. The Morgan fingerprint density at radius 1 is 0.974 bits per heavy atom. The molecule has 39 heavy (non-hydrogen) atoms. The summed E-state index contributed by atoms with van der Waals surface area (Å²) in [6.07, 6.45) is 7.95. The predicted octanol–water partition coefficient (Wildman–Crippen LogP) is 7.84. The van der Waals surface area contributed by atoms with Crippen LogP contribution < -0.4 is 9.47 Å². The van der Waals surface area contributed by atoms with Crippen LogP contribution in [0, 0.1) is 6.92 Å². The van der Waals surface area contributed by atoms with Crippen molar-refractivity contribution < 1.29 is 19.0 Å². The topological polar surface area (TPSA) is 52.9 Å². The summed E-state index contributed by atoms with van der Waals surface area (Å²) >= 11 is 0. The first-order chi connectivity index (χ1) is 18.8. The third-order valence-electron chi connectivity index (χ3n) is 8.39. The molecule has 1 unspecified atom stereocenters. The average Bonchev–Trinajstić information content (AvgIpc) is 3.09. The minimum atomic E-state index is -0.503. The van der Waals surface area contributed by atoms with Crippen molar-refractivity contribution >= 4 is 17.0 Å². The van der Waals surface area contributed by atoms with E-state index < -0.39 is 5.60 Å². The van der Waals surface area contributed by atoms with Crippen LogP contribution in [0.2, 0.25) is 0 Å². The number of piperidine rings is 1. The van der Waals surface area contributed by atoms with Crippen molar-refractivity contribution in [3.05, 3.63) is 47.5 Å². The number of hydrogen-bond acceptors (Lipinski definition) is 4. The van der Waals surface area contributed by atoms with Crippen molar-refractivity contribution in [3.63, 3.8) is 0 Å². The number of fused-ring (bicyclic) bond motifs is 5. The highest BCUT2D eigenvalue weighted by Gasteiger charge is 2.31. The Morgan fingerprint density at radius 3 is 2.59 bits per heavy atom. The molecule has 1 saturated carbocycles. The molecule has 0 radical (unpaired) electrons. The monoisotopic (exact) mass is 530 g/mol. The van der Waals surface area contributed by atoms with E-state index >= 15 is 0 Å². The van der Waals surface area contributed by atoms with Crippen molar-refractivity contribution in [3.8, 4) is 22.8 Å². The van der Waals surface area contributed by atoms with Crippen LogP contribution in [0.4, 0.5) is 4.79 Å². The van der Waals surface area contributed by atoms with Gasteiger partial charge in [-0.15, -0.1) is 0 Å². The second-order valence-corrected chi connectivity index (χ2v) is 12.6. The van der Waals surface area contributed by atoms with E-state index in [2.05, 4.69) is 47.9 Å². The lowest BCUT2D eigenvalue weighted by Crippen LogP contribution is -2.46. The fourth-order valence-corrected chi connectivity index (χ4v) is 6.67. The number of aromatic nitrogens is 1. The van der Waals surface area contributed by atoms with Crippen LogP contribution in [-0.2, 0) is 11.3 Å². The molecule has 0 spiro atoms. The van der Waals surface area contributed by atoms with E-state index in [4.69, 9.17) is 14.2 Å². The Morgan fingerprint density at radius 2 is 1.79 bits per heavy atom. The van der Waals surface area contributed by atoms with Crippen LogP contribution >= 0.6 is 0 Å². The minimum absolute atomic E-state index is 0.0673. The number of ether oxygens (including phenoxy) is 3. The summed E-state index contributed by atoms with van der Waals surface area (Å²) in [6.45, 7) is 10.6. The van der Waals surface area contributed by atoms with Gasteiger partial charge in [0.2, 0.25) is 0 Å². The van der Waals surface area contributed by atoms with Crippen molar-refractivity contribution in [2.75, 3.05) is 19.7 Å². The smallest absolute Gasteiger partial charge is 0.410 e. The highest BCUT2D eigenvalue weighted by molar-refractivity contribution is 5.94. The quantitative estimate of drug-likeness (QED) is 0.346. The maximum Gasteiger partial charge on any atom is 0.410 e. The first kappa shape index (κ1) is 26.1. The van der Waals surface area contributed by atoms with Crippen LogP contribution in [0.25, 0.3) is 22.2 Å². The fourth-order valence-electron chi connectivity index (χ4n) is 6.67. The molecule has 6 rings (SSSR count). The molecule has 2 fully saturated rings. The number of benzene rings is 2. The first-order valence-electron chi connectivity index (χ1n) is 14.8. The number of likely N-dealkylation sites (tertiary alicyclic amines) is 1. The van der Waals surface area contributed by atoms with E-state index in [0.29, 0.717) is 25.6 Å². The lowest BCUT2D eigenvalue weighted by Gasteiger charge is -2.34. The minimum Gasteiger partial charge on any atom is -0.491 e. The van der Waals surface area contributed by atoms with Gasteiger partial charge < -0.3 is 23.7 Å². The molecule has 3 aliphatic rings. The highest BCUT2D eigenvalue weighted by Crippen LogP contribution is 2.47. The van der Waals surface area contributed by atoms with E-state index in [-0.39, 0.29) is 12.2 Å². The second kappa shape index (κ2) is 10.4. The largest absolute Gasteiger partial charge is 0.491 e. The molecule has 1 aliphatic carbocycles. The zero-order valence-corrected chi connectivity index (χ0v) is 23.9. The molecule has 1 amide bonds. The number of carbonyl (C=O) groups excluding carboxylic acids is 1. The standard InChI is InChI=1S/C33H42N2O4/c1-22-12-14-26-28(19-22)35-17-18-37-29-20-24(13-15-27(29)31(35)30(26)23-9-6-5-7-10-23)38-25-11-8-16-34(21-25)32(36)39-33(2,3)4/h12-15,19-20,23,25H,5-11,16-18,21H2,1-4H3. The zero-order valence-electron chi connectivity index (χ0n) is 23.9. The zero-order chi connectivity index (χ0) is 27.1. The number of nitrogens with zero attached hydrogens (tertiary/aromatic N) is 2. The van der Waals surface area contributed by atoms with Crippen LogP contribution in [0.3, 0.4) is 0 Å². The summed E-state index contributed by atoms with van der Waals surface area (Å²) in [6, 6.07) is 13.3. The van der Waals surface area contributed by atoms with Gasteiger partial charge >= 0.3 is 6.09 Å². The molecule has 1 atom stereocenters. The second-order valence-electron chi connectivity index (χ2n) is 12.6. The molecule has 2 aromatic carbocycles. The Balaban J connectivity index is 1.31. The van der Waals surface area contributed by atoms with Gasteiger partial charge in [0.25, 0.3) is 0 Å². The lowest BCUT2D eigenvalue weighted by molar-refractivity contribution is 0.00773. The summed E-state index contributed by atoms with van der Waals surface area (Å²) in [5, 5.41) is 1.40. The van der Waals surface area contributed by atoms with Gasteiger partial charge in [-0.2, -0.15) is 0 Å². The number of rotatable bonds is 3. The highest BCUT2D eigenvalue weighted by atomic mass is 16.6. The third-order valence-corrected chi connectivity index (χ3v) is 8.39. The molecule has 0 bridgehead atoms. The molecule has 6 heteroatoms. The maximum absolute atomic E-state index is 12.6. The molecule has 1 aromatic heterocycles. The SMILES string of the molecule is Cc1ccc2c(C3CCCCC3)c3n(c2c1)CCOc1cc(OC2CCCN(C(=O)OC(C)(C)C)C2)ccc1-3. The molecule has 2 aliphatic heterocycles. The van der Waals surface area contributed by atoms with E-state index in [9.17, 15) is 4.79 Å². The summed E-state index contributed by atoms with van der Waals surface area (Å²) in [5.41, 5.74) is 6.11. The van der Waals surface area contributed by atoms with E-state index in [0.717, 1.165) is 36.4 Å². The van der Waals surface area contributed by atoms with Crippen molar-refractivity contribution in [2.45, 2.75) is 96.8 Å². The van der Waals surface area contributed by atoms with Crippen LogP contribution in [0.1, 0.15) is 82.8 Å². The van der Waals surface area contributed by atoms with Crippen molar-refractivity contribution in [1.82, 2.24) is 9.47 Å². The van der Waals surface area contributed by atoms with Gasteiger partial charge in [-0.3, -0.25) is 0 Å². The Kier molecular flexibility index (Phi) is 6.98. The van der Waals surface area contributed by atoms with Gasteiger partial charge in [0.15, 0.2) is 0 Å². The van der Waals surface area contributed by atoms with Crippen LogP contribution in [0.15, 0.2) is 36.4 Å². The summed E-state index contributed by atoms with van der Waals surface area (Å²) < 4.78 is 20.9. The summed E-state index contributed by atoms with van der Waals surface area (Å²) in [4.78, 5) is 14.4. The van der Waals surface area contributed by atoms with E-state index in [1.165, 1.54) is 59.8 Å². The molecule has 0 N–H and O–H groups in total. The van der Waals surface area contributed by atoms with Gasteiger partial charge in [-0.05, 0) is 88.6 Å². The van der Waals surface area contributed by atoms with Gasteiger partial charge in [-0.25, -0.2) is 4.79 Å². The van der Waals surface area contributed by atoms with E-state index in [1.807, 2.05) is 20.8 Å². The third kappa shape index (κ3) is 5.35. The number of hydrogen-bond donors (Lipinski definition) is 0. The molecular formula is C33H42N2O4. The molecule has 6 nitrogen and oxygen atoms in total. The van der Waals surface area contributed by atoms with E-state index in [1.54, 1.807) is 4.90 Å². The predicted molar refractivity (Wildman–Crippen MR) is 155 cm³/mol. The lowest BCUT2D eigenvalue weighted by atomic mass is 9.81. The number of carbonyl (C=O) groups is 1. The molecule has 3 aromatic rings. The molecular weight excluding hydrogens is 488 g/mol. The van der Waals surface area contributed by atoms with Gasteiger partial charge in [0.05, 0.1) is 18.8 Å². The summed E-state index contributed by atoms with van der Waals surface area (Å²) in [7, 11) is 0. The Labute approximate surface area is 232 Å². The van der Waals surface area contributed by atoms with Crippen LogP contribution in [-0.4, -0.2) is 47.0 Å². The Hall–Kier alpha value is -3.15. The van der Waals surface area contributed by atoms with Crippen molar-refractivity contribution in [2.24, 2.45) is 0 Å². The van der Waals surface area contributed by atoms with Crippen LogP contribution in [0.5, 0.6) is 11.5 Å². The average molecular weight is 531 g/mol. The molecule has 3 heterocycles. The molecule has 1 saturated heterocycles. The molecule has 208 valence electrons. The van der Waals surface area contributed by atoms with Gasteiger partial charge in [0, 0.05) is 29.1 Å². The van der Waals surface area contributed by atoms with Gasteiger partial charge in [-0.1, -0.05) is 31.4 Å². The normalized spacial score (nSPS) is 20.1.